The van der Waals surface area contributed by atoms with Crippen LogP contribution in [0.3, 0.4) is 0 Å². The predicted octanol–water partition coefficient (Wildman–Crippen LogP) is 3.91. The summed E-state index contributed by atoms with van der Waals surface area (Å²) in [4.78, 5) is 2.64. The molecule has 0 amide bonds. The van der Waals surface area contributed by atoms with E-state index in [1.807, 2.05) is 0 Å². The first-order valence-electron chi connectivity index (χ1n) is 8.14. The minimum atomic E-state index is 0.486. The summed E-state index contributed by atoms with van der Waals surface area (Å²) in [6, 6.07) is 10.5. The third-order valence-corrected chi connectivity index (χ3v) is 4.64. The van der Waals surface area contributed by atoms with Crippen molar-refractivity contribution in [2.24, 2.45) is 0 Å². The number of nitrogens with zero attached hydrogens (tertiary/aromatic N) is 1. The molecule has 2 rings (SSSR count). The van der Waals surface area contributed by atoms with E-state index < -0.39 is 0 Å². The second-order valence-electron chi connectivity index (χ2n) is 6.47. The molecular formula is C18H30N2. The summed E-state index contributed by atoms with van der Waals surface area (Å²) in [5, 5.41) is 3.68. The van der Waals surface area contributed by atoms with Crippen LogP contribution in [0.15, 0.2) is 24.3 Å². The van der Waals surface area contributed by atoms with Gasteiger partial charge in [0.25, 0.3) is 0 Å². The first-order valence-corrected chi connectivity index (χ1v) is 8.14. The summed E-state index contributed by atoms with van der Waals surface area (Å²) in [5.41, 5.74) is 2.87. The van der Waals surface area contributed by atoms with Gasteiger partial charge in [0.2, 0.25) is 0 Å². The SMILES string of the molecule is Cc1ccccc1C(C)N(CC1CCCCN1)C(C)C. The van der Waals surface area contributed by atoms with Gasteiger partial charge in [-0.1, -0.05) is 30.7 Å². The van der Waals surface area contributed by atoms with E-state index in [-0.39, 0.29) is 0 Å². The van der Waals surface area contributed by atoms with Crippen molar-refractivity contribution in [3.63, 3.8) is 0 Å². The lowest BCUT2D eigenvalue weighted by atomic mass is 9.98. The summed E-state index contributed by atoms with van der Waals surface area (Å²) in [6.07, 6.45) is 4.04. The molecule has 20 heavy (non-hydrogen) atoms. The average Bonchev–Trinajstić information content (AvgIpc) is 2.45. The van der Waals surface area contributed by atoms with Gasteiger partial charge in [0.1, 0.15) is 0 Å². The number of aryl methyl sites for hydroxylation is 1. The fraction of sp³-hybridized carbons (Fsp3) is 0.667. The number of hydrogen-bond acceptors (Lipinski definition) is 2. The molecule has 0 aliphatic carbocycles. The fourth-order valence-corrected chi connectivity index (χ4v) is 3.38. The molecule has 112 valence electrons. The van der Waals surface area contributed by atoms with Gasteiger partial charge >= 0.3 is 0 Å². The summed E-state index contributed by atoms with van der Waals surface area (Å²) in [5.74, 6) is 0. The molecule has 0 spiro atoms. The Kier molecular flexibility index (Phi) is 5.62. The molecule has 1 aliphatic heterocycles. The van der Waals surface area contributed by atoms with Gasteiger partial charge in [-0.2, -0.15) is 0 Å². The predicted molar refractivity (Wildman–Crippen MR) is 87.1 cm³/mol. The molecule has 1 N–H and O–H groups in total. The molecule has 2 nitrogen and oxygen atoms in total. The highest BCUT2D eigenvalue weighted by Gasteiger charge is 2.24. The molecule has 1 aromatic carbocycles. The zero-order chi connectivity index (χ0) is 14.5. The molecule has 1 saturated heterocycles. The molecule has 2 unspecified atom stereocenters. The molecule has 1 fully saturated rings. The highest BCUT2D eigenvalue weighted by atomic mass is 15.2. The topological polar surface area (TPSA) is 15.3 Å². The van der Waals surface area contributed by atoms with E-state index in [9.17, 15) is 0 Å². The smallest absolute Gasteiger partial charge is 0.0325 e. The minimum absolute atomic E-state index is 0.486. The standard InChI is InChI=1S/C18H30N2/c1-14(2)20(13-17-10-7-8-12-19-17)16(4)18-11-6-5-9-15(18)3/h5-6,9,11,14,16-17,19H,7-8,10,12-13H2,1-4H3. The molecule has 2 heteroatoms. The summed E-state index contributed by atoms with van der Waals surface area (Å²) >= 11 is 0. The van der Waals surface area contributed by atoms with Gasteiger partial charge in [-0.3, -0.25) is 4.90 Å². The summed E-state index contributed by atoms with van der Waals surface area (Å²) < 4.78 is 0. The van der Waals surface area contributed by atoms with Gasteiger partial charge in [-0.25, -0.2) is 0 Å². The van der Waals surface area contributed by atoms with E-state index in [1.54, 1.807) is 0 Å². The Morgan fingerprint density at radius 2 is 1.95 bits per heavy atom. The fourth-order valence-electron chi connectivity index (χ4n) is 3.38. The quantitative estimate of drug-likeness (QED) is 0.876. The highest BCUT2D eigenvalue weighted by Crippen LogP contribution is 2.26. The lowest BCUT2D eigenvalue weighted by Crippen LogP contribution is -2.46. The van der Waals surface area contributed by atoms with Crippen LogP contribution in [0.1, 0.15) is 57.2 Å². The molecule has 0 radical (unpaired) electrons. The van der Waals surface area contributed by atoms with Crippen LogP contribution in [0.4, 0.5) is 0 Å². The third kappa shape index (κ3) is 3.83. The molecule has 1 aromatic rings. The largest absolute Gasteiger partial charge is 0.313 e. The maximum atomic E-state index is 3.68. The van der Waals surface area contributed by atoms with E-state index >= 15 is 0 Å². The highest BCUT2D eigenvalue weighted by molar-refractivity contribution is 5.28. The number of piperidine rings is 1. The molecule has 2 atom stereocenters. The van der Waals surface area contributed by atoms with E-state index in [0.717, 1.165) is 6.54 Å². The molecule has 1 heterocycles. The molecule has 1 aliphatic rings. The molecule has 0 aromatic heterocycles. The maximum absolute atomic E-state index is 3.68. The average molecular weight is 274 g/mol. The van der Waals surface area contributed by atoms with E-state index in [0.29, 0.717) is 18.1 Å². The van der Waals surface area contributed by atoms with Crippen LogP contribution in [0, 0.1) is 6.92 Å². The molecule has 0 saturated carbocycles. The van der Waals surface area contributed by atoms with Crippen LogP contribution in [0.25, 0.3) is 0 Å². The Bertz CT molecular complexity index is 408. The summed E-state index contributed by atoms with van der Waals surface area (Å²) in [7, 11) is 0. The molecular weight excluding hydrogens is 244 g/mol. The van der Waals surface area contributed by atoms with Gasteiger partial charge in [-0.15, -0.1) is 0 Å². The van der Waals surface area contributed by atoms with E-state index in [4.69, 9.17) is 0 Å². The lowest BCUT2D eigenvalue weighted by Gasteiger charge is -2.38. The second-order valence-corrected chi connectivity index (χ2v) is 6.47. The van der Waals surface area contributed by atoms with Crippen molar-refractivity contribution in [1.82, 2.24) is 10.2 Å². The van der Waals surface area contributed by atoms with Crippen molar-refractivity contribution in [2.45, 2.75) is 65.1 Å². The van der Waals surface area contributed by atoms with Gasteiger partial charge in [0.05, 0.1) is 0 Å². The van der Waals surface area contributed by atoms with Crippen LogP contribution < -0.4 is 5.32 Å². The number of nitrogens with one attached hydrogen (secondary N) is 1. The van der Waals surface area contributed by atoms with Gasteiger partial charge in [0.15, 0.2) is 0 Å². The second kappa shape index (κ2) is 7.24. The Morgan fingerprint density at radius 3 is 2.55 bits per heavy atom. The number of rotatable bonds is 5. The molecule has 0 bridgehead atoms. The van der Waals surface area contributed by atoms with Crippen molar-refractivity contribution in [3.05, 3.63) is 35.4 Å². The first kappa shape index (κ1) is 15.5. The van der Waals surface area contributed by atoms with E-state index in [1.165, 1.54) is 36.9 Å². The van der Waals surface area contributed by atoms with Crippen molar-refractivity contribution in [1.29, 1.82) is 0 Å². The summed E-state index contributed by atoms with van der Waals surface area (Å²) in [6.45, 7) is 11.6. The Hall–Kier alpha value is -0.860. The minimum Gasteiger partial charge on any atom is -0.313 e. The van der Waals surface area contributed by atoms with Crippen molar-refractivity contribution < 1.29 is 0 Å². The van der Waals surface area contributed by atoms with Crippen LogP contribution in [-0.2, 0) is 0 Å². The van der Waals surface area contributed by atoms with Crippen LogP contribution in [0.5, 0.6) is 0 Å². The third-order valence-electron chi connectivity index (χ3n) is 4.64. The van der Waals surface area contributed by atoms with Gasteiger partial charge in [-0.05, 0) is 58.2 Å². The zero-order valence-electron chi connectivity index (χ0n) is 13.5. The van der Waals surface area contributed by atoms with E-state index in [2.05, 4.69) is 62.2 Å². The maximum Gasteiger partial charge on any atom is 0.0325 e. The lowest BCUT2D eigenvalue weighted by molar-refractivity contribution is 0.137. The Morgan fingerprint density at radius 1 is 1.20 bits per heavy atom. The van der Waals surface area contributed by atoms with Crippen molar-refractivity contribution in [3.8, 4) is 0 Å². The van der Waals surface area contributed by atoms with Crippen LogP contribution in [0.2, 0.25) is 0 Å². The monoisotopic (exact) mass is 274 g/mol. The Labute approximate surface area is 124 Å². The van der Waals surface area contributed by atoms with Gasteiger partial charge in [0, 0.05) is 24.7 Å². The van der Waals surface area contributed by atoms with Crippen molar-refractivity contribution in [2.75, 3.05) is 13.1 Å². The van der Waals surface area contributed by atoms with Crippen molar-refractivity contribution >= 4 is 0 Å². The van der Waals surface area contributed by atoms with Crippen LogP contribution in [-0.4, -0.2) is 30.1 Å². The zero-order valence-corrected chi connectivity index (χ0v) is 13.5. The number of benzene rings is 1. The van der Waals surface area contributed by atoms with Crippen LogP contribution >= 0.6 is 0 Å². The first-order chi connectivity index (χ1) is 9.59. The van der Waals surface area contributed by atoms with Gasteiger partial charge < -0.3 is 5.32 Å². The number of hydrogen-bond donors (Lipinski definition) is 1. The normalized spacial score (nSPS) is 21.4. The Balaban J connectivity index is 2.09.